The number of alkyl halides is 3. The SMILES string of the molecule is NC(=S)C1(C(=O)NCCSC(F)(F)F)CCC1. The summed E-state index contributed by atoms with van der Waals surface area (Å²) in [5.74, 6) is -0.554. The van der Waals surface area contributed by atoms with Gasteiger partial charge in [0.2, 0.25) is 5.91 Å². The number of rotatable bonds is 5. The first-order valence-corrected chi connectivity index (χ1v) is 6.46. The molecule has 1 aliphatic carbocycles. The Bertz CT molecular complexity index is 316. The Morgan fingerprint density at radius 1 is 1.47 bits per heavy atom. The van der Waals surface area contributed by atoms with E-state index in [4.69, 9.17) is 18.0 Å². The number of nitrogens with two attached hydrogens (primary N) is 1. The van der Waals surface area contributed by atoms with Crippen molar-refractivity contribution in [2.24, 2.45) is 11.1 Å². The molecule has 17 heavy (non-hydrogen) atoms. The highest BCUT2D eigenvalue weighted by molar-refractivity contribution is 8.00. The average molecular weight is 286 g/mol. The second kappa shape index (κ2) is 5.43. The number of nitrogens with one attached hydrogen (secondary N) is 1. The minimum absolute atomic E-state index is 0.0344. The third-order valence-electron chi connectivity index (χ3n) is 2.77. The van der Waals surface area contributed by atoms with Crippen molar-refractivity contribution < 1.29 is 18.0 Å². The molecule has 0 saturated heterocycles. The molecule has 98 valence electrons. The lowest BCUT2D eigenvalue weighted by Gasteiger charge is -2.39. The molecule has 0 bridgehead atoms. The third kappa shape index (κ3) is 3.74. The molecule has 0 atom stereocenters. The van der Waals surface area contributed by atoms with Gasteiger partial charge in [-0.2, -0.15) is 13.2 Å². The summed E-state index contributed by atoms with van der Waals surface area (Å²) in [5.41, 5.74) is 0.409. The first-order valence-electron chi connectivity index (χ1n) is 5.07. The van der Waals surface area contributed by atoms with Gasteiger partial charge < -0.3 is 11.1 Å². The molecule has 0 spiro atoms. The third-order valence-corrected chi connectivity index (χ3v) is 3.89. The molecule has 1 amide bonds. The van der Waals surface area contributed by atoms with E-state index in [9.17, 15) is 18.0 Å². The van der Waals surface area contributed by atoms with Crippen molar-refractivity contribution in [3.63, 3.8) is 0 Å². The number of hydrogen-bond acceptors (Lipinski definition) is 3. The molecule has 0 aromatic heterocycles. The van der Waals surface area contributed by atoms with Gasteiger partial charge in [0.25, 0.3) is 0 Å². The van der Waals surface area contributed by atoms with Crippen molar-refractivity contribution in [3.8, 4) is 0 Å². The average Bonchev–Trinajstić information content (AvgIpc) is 2.08. The number of halogens is 3. The van der Waals surface area contributed by atoms with Crippen molar-refractivity contribution in [2.45, 2.75) is 24.8 Å². The van der Waals surface area contributed by atoms with E-state index in [1.165, 1.54) is 0 Å². The molecule has 0 aromatic rings. The second-order valence-electron chi connectivity index (χ2n) is 3.85. The molecular weight excluding hydrogens is 273 g/mol. The Kier molecular flexibility index (Phi) is 4.65. The van der Waals surface area contributed by atoms with Gasteiger partial charge in [0, 0.05) is 12.3 Å². The van der Waals surface area contributed by atoms with Crippen LogP contribution in [-0.2, 0) is 4.79 Å². The van der Waals surface area contributed by atoms with Crippen LogP contribution in [-0.4, -0.2) is 28.7 Å². The molecule has 0 heterocycles. The smallest absolute Gasteiger partial charge is 0.392 e. The molecule has 1 aliphatic rings. The predicted molar refractivity (Wildman–Crippen MR) is 64.6 cm³/mol. The highest BCUT2D eigenvalue weighted by atomic mass is 32.2. The largest absolute Gasteiger partial charge is 0.441 e. The molecule has 1 rings (SSSR count). The van der Waals surface area contributed by atoms with Crippen LogP contribution in [0.15, 0.2) is 0 Å². The highest BCUT2D eigenvalue weighted by Crippen LogP contribution is 2.41. The molecule has 0 unspecified atom stereocenters. The number of hydrogen-bond donors (Lipinski definition) is 2. The Labute approximate surface area is 107 Å². The molecule has 0 radical (unpaired) electrons. The lowest BCUT2D eigenvalue weighted by Crippen LogP contribution is -2.53. The number of carbonyl (C=O) groups is 1. The van der Waals surface area contributed by atoms with Gasteiger partial charge in [-0.05, 0) is 24.6 Å². The quantitative estimate of drug-likeness (QED) is 0.598. The van der Waals surface area contributed by atoms with E-state index in [1.54, 1.807) is 0 Å². The van der Waals surface area contributed by atoms with Crippen LogP contribution in [0.5, 0.6) is 0 Å². The Hall–Kier alpha value is -0.500. The molecule has 0 aliphatic heterocycles. The Morgan fingerprint density at radius 2 is 2.06 bits per heavy atom. The van der Waals surface area contributed by atoms with E-state index in [2.05, 4.69) is 5.32 Å². The monoisotopic (exact) mass is 286 g/mol. The number of carbonyl (C=O) groups excluding carboxylic acids is 1. The van der Waals surface area contributed by atoms with E-state index in [0.29, 0.717) is 12.8 Å². The van der Waals surface area contributed by atoms with Crippen LogP contribution < -0.4 is 11.1 Å². The fraction of sp³-hybridized carbons (Fsp3) is 0.778. The van der Waals surface area contributed by atoms with Crippen molar-refractivity contribution in [2.75, 3.05) is 12.3 Å². The van der Waals surface area contributed by atoms with Gasteiger partial charge in [0.15, 0.2) is 0 Å². The second-order valence-corrected chi connectivity index (χ2v) is 5.45. The highest BCUT2D eigenvalue weighted by Gasteiger charge is 2.46. The van der Waals surface area contributed by atoms with E-state index in [1.807, 2.05) is 0 Å². The van der Waals surface area contributed by atoms with Crippen LogP contribution in [0.4, 0.5) is 13.2 Å². The summed E-state index contributed by atoms with van der Waals surface area (Å²) in [6.07, 6.45) is 2.03. The first-order chi connectivity index (χ1) is 7.78. The number of amides is 1. The van der Waals surface area contributed by atoms with Crippen molar-refractivity contribution >= 4 is 34.9 Å². The van der Waals surface area contributed by atoms with Crippen molar-refractivity contribution in [1.82, 2.24) is 5.32 Å². The van der Waals surface area contributed by atoms with Crippen LogP contribution in [0.2, 0.25) is 0 Å². The standard InChI is InChI=1S/C9H13F3N2OS2/c10-9(11,12)17-5-4-14-7(15)8(6(13)16)2-1-3-8/h1-5H2,(H2,13,16)(H,14,15). The molecule has 1 saturated carbocycles. The van der Waals surface area contributed by atoms with E-state index < -0.39 is 10.9 Å². The zero-order valence-corrected chi connectivity index (χ0v) is 10.6. The molecule has 0 aromatic carbocycles. The summed E-state index contributed by atoms with van der Waals surface area (Å²) in [5, 5.41) is 2.45. The van der Waals surface area contributed by atoms with Gasteiger partial charge in [-0.3, -0.25) is 4.79 Å². The summed E-state index contributed by atoms with van der Waals surface area (Å²) in [4.78, 5) is 11.9. The van der Waals surface area contributed by atoms with E-state index in [0.717, 1.165) is 6.42 Å². The number of thioether (sulfide) groups is 1. The zero-order chi connectivity index (χ0) is 13.1. The summed E-state index contributed by atoms with van der Waals surface area (Å²) in [7, 11) is 0. The van der Waals surface area contributed by atoms with Gasteiger partial charge >= 0.3 is 5.51 Å². The Balaban J connectivity index is 2.32. The Morgan fingerprint density at radius 3 is 2.41 bits per heavy atom. The minimum atomic E-state index is -4.26. The maximum Gasteiger partial charge on any atom is 0.441 e. The van der Waals surface area contributed by atoms with E-state index in [-0.39, 0.29) is 35.0 Å². The lowest BCUT2D eigenvalue weighted by atomic mass is 9.68. The summed E-state index contributed by atoms with van der Waals surface area (Å²) in [6.45, 7) is -0.0344. The molecule has 3 N–H and O–H groups in total. The van der Waals surface area contributed by atoms with Gasteiger partial charge in [0.1, 0.15) is 0 Å². The molecule has 3 nitrogen and oxygen atoms in total. The molecule has 8 heteroatoms. The minimum Gasteiger partial charge on any atom is -0.392 e. The van der Waals surface area contributed by atoms with Crippen LogP contribution in [0.3, 0.4) is 0 Å². The molecular formula is C9H13F3N2OS2. The summed E-state index contributed by atoms with van der Waals surface area (Å²) < 4.78 is 35.5. The van der Waals surface area contributed by atoms with Crippen molar-refractivity contribution in [1.29, 1.82) is 0 Å². The van der Waals surface area contributed by atoms with Crippen LogP contribution >= 0.6 is 24.0 Å². The summed E-state index contributed by atoms with van der Waals surface area (Å²) >= 11 is 4.67. The van der Waals surface area contributed by atoms with Gasteiger partial charge in [-0.25, -0.2) is 0 Å². The fourth-order valence-electron chi connectivity index (χ4n) is 1.62. The van der Waals surface area contributed by atoms with Gasteiger partial charge in [-0.1, -0.05) is 18.6 Å². The topological polar surface area (TPSA) is 55.1 Å². The first kappa shape index (κ1) is 14.6. The maximum absolute atomic E-state index is 11.8. The number of thiocarbonyl (C=S) groups is 1. The molecule has 1 fully saturated rings. The fourth-order valence-corrected chi connectivity index (χ4v) is 2.35. The van der Waals surface area contributed by atoms with Crippen LogP contribution in [0.1, 0.15) is 19.3 Å². The van der Waals surface area contributed by atoms with E-state index >= 15 is 0 Å². The van der Waals surface area contributed by atoms with Crippen LogP contribution in [0.25, 0.3) is 0 Å². The van der Waals surface area contributed by atoms with Crippen molar-refractivity contribution in [3.05, 3.63) is 0 Å². The normalized spacial score (nSPS) is 18.3. The summed E-state index contributed by atoms with van der Waals surface area (Å²) in [6, 6.07) is 0. The zero-order valence-electron chi connectivity index (χ0n) is 8.97. The lowest BCUT2D eigenvalue weighted by molar-refractivity contribution is -0.130. The predicted octanol–water partition coefficient (Wildman–Crippen LogP) is 1.81. The van der Waals surface area contributed by atoms with Gasteiger partial charge in [0.05, 0.1) is 10.4 Å². The van der Waals surface area contributed by atoms with Gasteiger partial charge in [-0.15, -0.1) is 0 Å². The van der Waals surface area contributed by atoms with Crippen LogP contribution in [0, 0.1) is 5.41 Å². The maximum atomic E-state index is 11.8.